The van der Waals surface area contributed by atoms with E-state index in [-0.39, 0.29) is 5.78 Å². The molecule has 0 atom stereocenters. The van der Waals surface area contributed by atoms with Gasteiger partial charge in [0.15, 0.2) is 10.9 Å². The lowest BCUT2D eigenvalue weighted by atomic mass is 9.95. The van der Waals surface area contributed by atoms with Crippen molar-refractivity contribution < 1.29 is 9.53 Å². The highest BCUT2D eigenvalue weighted by molar-refractivity contribution is 7.99. The average molecular weight is 486 g/mol. The van der Waals surface area contributed by atoms with Crippen LogP contribution in [0.2, 0.25) is 0 Å². The fourth-order valence-corrected chi connectivity index (χ4v) is 5.89. The molecule has 0 saturated heterocycles. The van der Waals surface area contributed by atoms with Crippen molar-refractivity contribution in [1.82, 2.24) is 14.8 Å². The molecule has 0 spiro atoms. The van der Waals surface area contributed by atoms with Crippen LogP contribution in [0.3, 0.4) is 0 Å². The van der Waals surface area contributed by atoms with Gasteiger partial charge in [-0.25, -0.2) is 0 Å². The van der Waals surface area contributed by atoms with E-state index in [1.54, 1.807) is 0 Å². The maximum atomic E-state index is 12.9. The Labute approximate surface area is 210 Å². The predicted octanol–water partition coefficient (Wildman–Crippen LogP) is 6.90. The number of rotatable bonds is 9. The largest absolute Gasteiger partial charge is 0.494 e. The summed E-state index contributed by atoms with van der Waals surface area (Å²) in [6.45, 7) is 2.56. The summed E-state index contributed by atoms with van der Waals surface area (Å²) in [6, 6.07) is 22.7. The molecule has 1 saturated carbocycles. The van der Waals surface area contributed by atoms with Crippen molar-refractivity contribution >= 4 is 28.3 Å². The van der Waals surface area contributed by atoms with E-state index in [4.69, 9.17) is 4.74 Å². The third-order valence-corrected chi connectivity index (χ3v) is 7.67. The van der Waals surface area contributed by atoms with Crippen LogP contribution in [0.1, 0.15) is 66.8 Å². The lowest BCUT2D eigenvalue weighted by molar-refractivity contribution is 0.102. The van der Waals surface area contributed by atoms with Crippen LogP contribution in [0.15, 0.2) is 71.9 Å². The van der Waals surface area contributed by atoms with Gasteiger partial charge in [0.05, 0.1) is 12.4 Å². The Morgan fingerprint density at radius 2 is 1.74 bits per heavy atom. The van der Waals surface area contributed by atoms with E-state index < -0.39 is 0 Å². The summed E-state index contributed by atoms with van der Waals surface area (Å²) in [6.07, 6.45) is 6.76. The predicted molar refractivity (Wildman–Crippen MR) is 142 cm³/mol. The summed E-state index contributed by atoms with van der Waals surface area (Å²) in [5, 5.41) is 12.6. The molecule has 0 aliphatic heterocycles. The van der Waals surface area contributed by atoms with E-state index >= 15 is 0 Å². The molecule has 1 fully saturated rings. The van der Waals surface area contributed by atoms with Crippen molar-refractivity contribution in [2.75, 3.05) is 12.4 Å². The van der Waals surface area contributed by atoms with Crippen molar-refractivity contribution in [1.29, 1.82) is 0 Å². The summed E-state index contributed by atoms with van der Waals surface area (Å²) in [5.74, 6) is 2.20. The number of nitrogens with zero attached hydrogens (tertiary/aromatic N) is 3. The third-order valence-electron chi connectivity index (χ3n) is 6.72. The number of carbonyl (C=O) groups excluding carboxylic acids is 1. The monoisotopic (exact) mass is 485 g/mol. The minimum absolute atomic E-state index is 0.0897. The maximum Gasteiger partial charge on any atom is 0.191 e. The standard InChI is InChI=1S/C29H31N3O2S/c1-2-34-25-17-15-22(16-18-25)27(33)20-35-29-31-30-28(32(29)24-12-4-3-5-13-24)19-23-11-8-10-21-9-6-7-14-26(21)23/h6-11,14-18,24H,2-5,12-13,19-20H2,1H3. The number of ether oxygens (including phenoxy) is 1. The maximum absolute atomic E-state index is 12.9. The third kappa shape index (κ3) is 5.43. The Bertz CT molecular complexity index is 1290. The summed E-state index contributed by atoms with van der Waals surface area (Å²) in [7, 11) is 0. The van der Waals surface area contributed by atoms with Crippen LogP contribution in [-0.4, -0.2) is 32.9 Å². The highest BCUT2D eigenvalue weighted by Gasteiger charge is 2.24. The van der Waals surface area contributed by atoms with E-state index in [1.165, 1.54) is 47.4 Å². The smallest absolute Gasteiger partial charge is 0.191 e. The van der Waals surface area contributed by atoms with Crippen LogP contribution in [0.25, 0.3) is 10.8 Å². The molecule has 0 bridgehead atoms. The molecular weight excluding hydrogens is 454 g/mol. The van der Waals surface area contributed by atoms with Crippen molar-refractivity contribution in [2.45, 2.75) is 56.6 Å². The first-order valence-electron chi connectivity index (χ1n) is 12.5. The van der Waals surface area contributed by atoms with Gasteiger partial charge in [-0.1, -0.05) is 73.5 Å². The fraction of sp³-hybridized carbons (Fsp3) is 0.345. The molecule has 0 amide bonds. The minimum atomic E-state index is 0.0897. The molecule has 4 aromatic rings. The van der Waals surface area contributed by atoms with Gasteiger partial charge in [0.25, 0.3) is 0 Å². The first-order chi connectivity index (χ1) is 17.2. The Morgan fingerprint density at radius 3 is 2.54 bits per heavy atom. The van der Waals surface area contributed by atoms with Crippen LogP contribution in [-0.2, 0) is 6.42 Å². The molecule has 0 N–H and O–H groups in total. The first-order valence-corrected chi connectivity index (χ1v) is 13.5. The lowest BCUT2D eigenvalue weighted by Crippen LogP contribution is -2.17. The van der Waals surface area contributed by atoms with Gasteiger partial charge in [-0.3, -0.25) is 4.79 Å². The van der Waals surface area contributed by atoms with Gasteiger partial charge in [-0.05, 0) is 60.4 Å². The summed E-state index contributed by atoms with van der Waals surface area (Å²) in [4.78, 5) is 12.9. The zero-order valence-corrected chi connectivity index (χ0v) is 21.0. The Balaban J connectivity index is 1.38. The number of benzene rings is 3. The van der Waals surface area contributed by atoms with Crippen LogP contribution >= 0.6 is 11.8 Å². The Morgan fingerprint density at radius 1 is 0.971 bits per heavy atom. The summed E-state index contributed by atoms with van der Waals surface area (Å²) in [5.41, 5.74) is 1.95. The number of fused-ring (bicyclic) bond motifs is 1. The SMILES string of the molecule is CCOc1ccc(C(=O)CSc2nnc(Cc3cccc4ccccc34)n2C2CCCCC2)cc1. The number of Topliss-reactive ketones (excluding diaryl/α,β-unsaturated/α-hetero) is 1. The summed E-state index contributed by atoms with van der Waals surface area (Å²) < 4.78 is 7.82. The van der Waals surface area contributed by atoms with Gasteiger partial charge < -0.3 is 9.30 Å². The molecule has 5 nitrogen and oxygen atoms in total. The number of hydrogen-bond donors (Lipinski definition) is 0. The van der Waals surface area contributed by atoms with Gasteiger partial charge >= 0.3 is 0 Å². The molecule has 0 unspecified atom stereocenters. The average Bonchev–Trinajstić information content (AvgIpc) is 3.31. The topological polar surface area (TPSA) is 57.0 Å². The van der Waals surface area contributed by atoms with E-state index in [0.717, 1.165) is 36.0 Å². The second-order valence-electron chi connectivity index (χ2n) is 9.04. The van der Waals surface area contributed by atoms with Gasteiger partial charge in [-0.15, -0.1) is 10.2 Å². The molecule has 6 heteroatoms. The molecule has 5 rings (SSSR count). The van der Waals surface area contributed by atoms with Crippen molar-refractivity contribution in [2.24, 2.45) is 0 Å². The van der Waals surface area contributed by atoms with Crippen molar-refractivity contribution in [3.63, 3.8) is 0 Å². The highest BCUT2D eigenvalue weighted by Crippen LogP contribution is 2.34. The molecule has 3 aromatic carbocycles. The normalized spacial score (nSPS) is 14.3. The molecule has 1 aliphatic carbocycles. The lowest BCUT2D eigenvalue weighted by Gasteiger charge is -2.25. The van der Waals surface area contributed by atoms with Crippen LogP contribution < -0.4 is 4.74 Å². The fourth-order valence-electron chi connectivity index (χ4n) is 4.97. The minimum Gasteiger partial charge on any atom is -0.494 e. The number of thioether (sulfide) groups is 1. The quantitative estimate of drug-likeness (QED) is 0.191. The first kappa shape index (κ1) is 23.6. The van der Waals surface area contributed by atoms with Crippen LogP contribution in [0.5, 0.6) is 5.75 Å². The van der Waals surface area contributed by atoms with E-state index in [9.17, 15) is 4.79 Å². The molecule has 0 radical (unpaired) electrons. The van der Waals surface area contributed by atoms with E-state index in [2.05, 4.69) is 57.2 Å². The van der Waals surface area contributed by atoms with E-state index in [0.29, 0.717) is 24.0 Å². The number of carbonyl (C=O) groups is 1. The molecule has 1 aromatic heterocycles. The Hall–Kier alpha value is -3.12. The summed E-state index contributed by atoms with van der Waals surface area (Å²) >= 11 is 1.50. The van der Waals surface area contributed by atoms with Crippen LogP contribution in [0.4, 0.5) is 0 Å². The number of aromatic nitrogens is 3. The zero-order chi connectivity index (χ0) is 24.0. The second-order valence-corrected chi connectivity index (χ2v) is 9.99. The van der Waals surface area contributed by atoms with E-state index in [1.807, 2.05) is 31.2 Å². The second kappa shape index (κ2) is 11.1. The molecule has 1 aliphatic rings. The van der Waals surface area contributed by atoms with Gasteiger partial charge in [0, 0.05) is 18.0 Å². The van der Waals surface area contributed by atoms with Gasteiger partial charge in [-0.2, -0.15) is 0 Å². The molecule has 35 heavy (non-hydrogen) atoms. The van der Waals surface area contributed by atoms with Crippen molar-refractivity contribution in [3.8, 4) is 5.75 Å². The Kier molecular flexibility index (Phi) is 7.48. The van der Waals surface area contributed by atoms with Crippen molar-refractivity contribution in [3.05, 3.63) is 83.7 Å². The number of hydrogen-bond acceptors (Lipinski definition) is 5. The number of ketones is 1. The zero-order valence-electron chi connectivity index (χ0n) is 20.2. The molecular formula is C29H31N3O2S. The van der Waals surface area contributed by atoms with Gasteiger partial charge in [0.1, 0.15) is 11.6 Å². The molecule has 1 heterocycles. The molecule has 180 valence electrons. The van der Waals surface area contributed by atoms with Crippen LogP contribution in [0, 0.1) is 0 Å². The highest BCUT2D eigenvalue weighted by atomic mass is 32.2. The van der Waals surface area contributed by atoms with Gasteiger partial charge in [0.2, 0.25) is 0 Å².